The lowest BCUT2D eigenvalue weighted by molar-refractivity contribution is -0.137. The molecule has 1 aromatic carbocycles. The number of nitrogens with zero attached hydrogens (tertiary/aromatic N) is 1. The van der Waals surface area contributed by atoms with Crippen molar-refractivity contribution in [3.63, 3.8) is 0 Å². The summed E-state index contributed by atoms with van der Waals surface area (Å²) in [6.07, 6.45) is 2.66. The molecule has 2 unspecified atom stereocenters. The number of aliphatic hydroxyl groups excluding tert-OH is 1. The Morgan fingerprint density at radius 3 is 2.95 bits per heavy atom. The molecule has 1 aliphatic rings. The maximum atomic E-state index is 12.5. The van der Waals surface area contributed by atoms with Crippen molar-refractivity contribution in [1.29, 1.82) is 0 Å². The number of carbonyl (C=O) groups is 1. The smallest absolute Gasteiger partial charge is 0.225 e. The van der Waals surface area contributed by atoms with Gasteiger partial charge in [-0.25, -0.2) is 0 Å². The first-order valence-electron chi connectivity index (χ1n) is 7.25. The maximum Gasteiger partial charge on any atom is 0.225 e. The average molecular weight is 296 g/mol. The summed E-state index contributed by atoms with van der Waals surface area (Å²) in [4.78, 5) is 14.4. The molecule has 1 aromatic rings. The SMILES string of the molecule is CC(Cc1ccccc1Cl)C(=O)N1CCCC(CO)C1. The lowest BCUT2D eigenvalue weighted by atomic mass is 9.95. The van der Waals surface area contributed by atoms with Gasteiger partial charge in [0.1, 0.15) is 0 Å². The van der Waals surface area contributed by atoms with Gasteiger partial charge in [0, 0.05) is 30.6 Å². The van der Waals surface area contributed by atoms with E-state index >= 15 is 0 Å². The topological polar surface area (TPSA) is 40.5 Å². The van der Waals surface area contributed by atoms with Crippen LogP contribution in [0.3, 0.4) is 0 Å². The van der Waals surface area contributed by atoms with Gasteiger partial charge in [0.2, 0.25) is 5.91 Å². The monoisotopic (exact) mass is 295 g/mol. The third-order valence-electron chi connectivity index (χ3n) is 3.99. The number of hydrogen-bond donors (Lipinski definition) is 1. The van der Waals surface area contributed by atoms with Crippen molar-refractivity contribution in [2.75, 3.05) is 19.7 Å². The van der Waals surface area contributed by atoms with E-state index < -0.39 is 0 Å². The third-order valence-corrected chi connectivity index (χ3v) is 4.36. The summed E-state index contributed by atoms with van der Waals surface area (Å²) in [5.41, 5.74) is 1.02. The zero-order valence-corrected chi connectivity index (χ0v) is 12.6. The lowest BCUT2D eigenvalue weighted by Crippen LogP contribution is -2.43. The van der Waals surface area contributed by atoms with Crippen LogP contribution in [0, 0.1) is 11.8 Å². The first-order valence-corrected chi connectivity index (χ1v) is 7.62. The van der Waals surface area contributed by atoms with Crippen molar-refractivity contribution in [1.82, 2.24) is 4.90 Å². The molecule has 1 aliphatic heterocycles. The van der Waals surface area contributed by atoms with Crippen LogP contribution >= 0.6 is 11.6 Å². The number of aliphatic hydroxyl groups is 1. The van der Waals surface area contributed by atoms with Crippen molar-refractivity contribution in [3.05, 3.63) is 34.9 Å². The Labute approximate surface area is 125 Å². The van der Waals surface area contributed by atoms with Gasteiger partial charge < -0.3 is 10.0 Å². The Hall–Kier alpha value is -1.06. The molecule has 110 valence electrons. The fraction of sp³-hybridized carbons (Fsp3) is 0.562. The van der Waals surface area contributed by atoms with E-state index in [0.29, 0.717) is 13.0 Å². The summed E-state index contributed by atoms with van der Waals surface area (Å²) in [6.45, 7) is 3.61. The van der Waals surface area contributed by atoms with Crippen molar-refractivity contribution < 1.29 is 9.90 Å². The predicted octanol–water partition coefficient (Wildman–Crippen LogP) is 2.75. The summed E-state index contributed by atoms with van der Waals surface area (Å²) in [5.74, 6) is 0.329. The Morgan fingerprint density at radius 1 is 1.50 bits per heavy atom. The van der Waals surface area contributed by atoms with Gasteiger partial charge >= 0.3 is 0 Å². The summed E-state index contributed by atoms with van der Waals surface area (Å²) in [6, 6.07) is 7.67. The highest BCUT2D eigenvalue weighted by molar-refractivity contribution is 6.31. The lowest BCUT2D eigenvalue weighted by Gasteiger charge is -2.33. The molecule has 2 rings (SSSR count). The minimum absolute atomic E-state index is 0.0765. The highest BCUT2D eigenvalue weighted by Gasteiger charge is 2.26. The molecule has 0 aliphatic carbocycles. The minimum Gasteiger partial charge on any atom is -0.396 e. The van der Waals surface area contributed by atoms with Crippen molar-refractivity contribution in [2.45, 2.75) is 26.2 Å². The second-order valence-corrected chi connectivity index (χ2v) is 6.08. The molecule has 1 heterocycles. The Kier molecular flexibility index (Phi) is 5.44. The van der Waals surface area contributed by atoms with Gasteiger partial charge in [0.25, 0.3) is 0 Å². The number of amides is 1. The van der Waals surface area contributed by atoms with Gasteiger partial charge in [-0.15, -0.1) is 0 Å². The van der Waals surface area contributed by atoms with Crippen LogP contribution in [-0.4, -0.2) is 35.6 Å². The van der Waals surface area contributed by atoms with Gasteiger partial charge in [0.05, 0.1) is 0 Å². The summed E-state index contributed by atoms with van der Waals surface area (Å²) in [5, 5.41) is 9.97. The zero-order valence-electron chi connectivity index (χ0n) is 11.9. The molecule has 0 saturated carbocycles. The quantitative estimate of drug-likeness (QED) is 0.928. The molecule has 1 saturated heterocycles. The fourth-order valence-electron chi connectivity index (χ4n) is 2.81. The molecule has 2 atom stereocenters. The van der Waals surface area contributed by atoms with Gasteiger partial charge in [-0.05, 0) is 36.8 Å². The molecule has 3 nitrogen and oxygen atoms in total. The normalized spacial score (nSPS) is 20.8. The van der Waals surface area contributed by atoms with Crippen LogP contribution in [0.5, 0.6) is 0 Å². The molecule has 20 heavy (non-hydrogen) atoms. The maximum absolute atomic E-state index is 12.5. The molecule has 0 aromatic heterocycles. The third kappa shape index (κ3) is 3.74. The first kappa shape index (κ1) is 15.3. The Bertz CT molecular complexity index is 464. The minimum atomic E-state index is -0.0765. The molecule has 0 spiro atoms. The number of hydrogen-bond acceptors (Lipinski definition) is 2. The summed E-state index contributed by atoms with van der Waals surface area (Å²) < 4.78 is 0. The van der Waals surface area contributed by atoms with Gasteiger partial charge in [-0.1, -0.05) is 36.7 Å². The zero-order chi connectivity index (χ0) is 14.5. The van der Waals surface area contributed by atoms with Crippen LogP contribution in [0.25, 0.3) is 0 Å². The molecule has 1 N–H and O–H groups in total. The highest BCUT2D eigenvalue weighted by atomic mass is 35.5. The van der Waals surface area contributed by atoms with E-state index in [1.807, 2.05) is 36.1 Å². The molecule has 1 amide bonds. The summed E-state index contributed by atoms with van der Waals surface area (Å²) >= 11 is 6.15. The Balaban J connectivity index is 1.96. The van der Waals surface area contributed by atoms with Crippen LogP contribution in [0.4, 0.5) is 0 Å². The molecular weight excluding hydrogens is 274 g/mol. The van der Waals surface area contributed by atoms with E-state index in [1.165, 1.54) is 0 Å². The highest BCUT2D eigenvalue weighted by Crippen LogP contribution is 2.22. The van der Waals surface area contributed by atoms with E-state index in [-0.39, 0.29) is 24.3 Å². The summed E-state index contributed by atoms with van der Waals surface area (Å²) in [7, 11) is 0. The first-order chi connectivity index (χ1) is 9.61. The number of piperidine rings is 1. The number of rotatable bonds is 4. The van der Waals surface area contributed by atoms with E-state index in [9.17, 15) is 9.90 Å². The van der Waals surface area contributed by atoms with Crippen LogP contribution in [0.1, 0.15) is 25.3 Å². The van der Waals surface area contributed by atoms with Crippen LogP contribution in [0.15, 0.2) is 24.3 Å². The second-order valence-electron chi connectivity index (χ2n) is 5.67. The van der Waals surface area contributed by atoms with E-state index in [1.54, 1.807) is 0 Å². The average Bonchev–Trinajstić information content (AvgIpc) is 2.48. The Morgan fingerprint density at radius 2 is 2.25 bits per heavy atom. The van der Waals surface area contributed by atoms with Crippen LogP contribution in [-0.2, 0) is 11.2 Å². The number of benzene rings is 1. The van der Waals surface area contributed by atoms with Gasteiger partial charge in [-0.2, -0.15) is 0 Å². The standard InChI is InChI=1S/C16H22ClNO2/c1-12(9-14-6-2-3-7-15(14)17)16(20)18-8-4-5-13(10-18)11-19/h2-3,6-7,12-13,19H,4-5,8-11H2,1H3. The second kappa shape index (κ2) is 7.09. The van der Waals surface area contributed by atoms with Crippen molar-refractivity contribution in [3.8, 4) is 0 Å². The number of halogens is 1. The molecule has 0 radical (unpaired) electrons. The molecule has 4 heteroatoms. The molecule has 1 fully saturated rings. The molecule has 0 bridgehead atoms. The number of carbonyl (C=O) groups excluding carboxylic acids is 1. The van der Waals surface area contributed by atoms with Crippen LogP contribution < -0.4 is 0 Å². The predicted molar refractivity (Wildman–Crippen MR) is 80.7 cm³/mol. The number of likely N-dealkylation sites (tertiary alicyclic amines) is 1. The van der Waals surface area contributed by atoms with Gasteiger partial charge in [0.15, 0.2) is 0 Å². The van der Waals surface area contributed by atoms with E-state index in [2.05, 4.69) is 0 Å². The fourth-order valence-corrected chi connectivity index (χ4v) is 3.02. The molecular formula is C16H22ClNO2. The van der Waals surface area contributed by atoms with Gasteiger partial charge in [-0.3, -0.25) is 4.79 Å². The van der Waals surface area contributed by atoms with Crippen molar-refractivity contribution >= 4 is 17.5 Å². The largest absolute Gasteiger partial charge is 0.396 e. The van der Waals surface area contributed by atoms with E-state index in [0.717, 1.165) is 30.0 Å². The van der Waals surface area contributed by atoms with Crippen LogP contribution in [0.2, 0.25) is 5.02 Å². The van der Waals surface area contributed by atoms with Crippen molar-refractivity contribution in [2.24, 2.45) is 11.8 Å². The van der Waals surface area contributed by atoms with E-state index in [4.69, 9.17) is 11.6 Å².